The molecule has 0 aliphatic carbocycles. The number of carbonyl (C=O) groups is 1. The molecule has 4 heteroatoms. The second-order valence-corrected chi connectivity index (χ2v) is 5.10. The lowest BCUT2D eigenvalue weighted by molar-refractivity contribution is -0.155. The highest BCUT2D eigenvalue weighted by atomic mass is 16.5. The molecule has 1 heterocycles. The molecule has 1 aliphatic heterocycles. The van der Waals surface area contributed by atoms with Crippen molar-refractivity contribution in [2.75, 3.05) is 20.2 Å². The molecule has 0 aromatic heterocycles. The molecule has 16 heavy (non-hydrogen) atoms. The smallest absolute Gasteiger partial charge is 0.254 e. The third-order valence-electron chi connectivity index (χ3n) is 3.56. The molecule has 0 radical (unpaired) electrons. The summed E-state index contributed by atoms with van der Waals surface area (Å²) in [5.74, 6) is 0.546. The molecule has 94 valence electrons. The number of nitrogens with zero attached hydrogens (tertiary/aromatic N) is 1. The number of nitrogens with two attached hydrogens (primary N) is 1. The Labute approximate surface area is 98.1 Å². The molecule has 1 rings (SSSR count). The van der Waals surface area contributed by atoms with Crippen LogP contribution in [0.3, 0.4) is 0 Å². The van der Waals surface area contributed by atoms with Gasteiger partial charge in [-0.05, 0) is 25.7 Å². The highest BCUT2D eigenvalue weighted by molar-refractivity contribution is 5.85. The van der Waals surface area contributed by atoms with E-state index in [1.54, 1.807) is 7.11 Å². The van der Waals surface area contributed by atoms with E-state index in [-0.39, 0.29) is 11.9 Å². The SMILES string of the molecule is CCC(C)(OC)C(=O)N1CC(C)CC(N)C1. The van der Waals surface area contributed by atoms with Crippen LogP contribution in [0.5, 0.6) is 0 Å². The van der Waals surface area contributed by atoms with Gasteiger partial charge < -0.3 is 15.4 Å². The molecule has 1 saturated heterocycles. The van der Waals surface area contributed by atoms with E-state index in [0.29, 0.717) is 18.9 Å². The van der Waals surface area contributed by atoms with E-state index in [1.807, 2.05) is 18.7 Å². The van der Waals surface area contributed by atoms with Crippen molar-refractivity contribution in [3.05, 3.63) is 0 Å². The van der Waals surface area contributed by atoms with Crippen LogP contribution in [0, 0.1) is 5.92 Å². The molecule has 0 spiro atoms. The lowest BCUT2D eigenvalue weighted by Gasteiger charge is -2.39. The summed E-state index contributed by atoms with van der Waals surface area (Å²) in [6, 6.07) is 0.102. The average molecular weight is 228 g/mol. The Morgan fingerprint density at radius 2 is 2.19 bits per heavy atom. The van der Waals surface area contributed by atoms with E-state index < -0.39 is 5.60 Å². The van der Waals surface area contributed by atoms with Crippen LogP contribution < -0.4 is 5.73 Å². The van der Waals surface area contributed by atoms with Gasteiger partial charge in [-0.3, -0.25) is 4.79 Å². The summed E-state index contributed by atoms with van der Waals surface area (Å²) < 4.78 is 5.34. The van der Waals surface area contributed by atoms with Crippen LogP contribution in [-0.2, 0) is 9.53 Å². The number of rotatable bonds is 3. The fourth-order valence-corrected chi connectivity index (χ4v) is 2.28. The number of hydrogen-bond donors (Lipinski definition) is 1. The predicted octanol–water partition coefficient (Wildman–Crippen LogP) is 0.997. The van der Waals surface area contributed by atoms with Crippen molar-refractivity contribution in [3.63, 3.8) is 0 Å². The van der Waals surface area contributed by atoms with E-state index in [4.69, 9.17) is 10.5 Å². The van der Waals surface area contributed by atoms with E-state index >= 15 is 0 Å². The molecule has 2 N–H and O–H groups in total. The quantitative estimate of drug-likeness (QED) is 0.784. The van der Waals surface area contributed by atoms with Crippen LogP contribution in [0.1, 0.15) is 33.6 Å². The molecule has 3 unspecified atom stereocenters. The fourth-order valence-electron chi connectivity index (χ4n) is 2.28. The van der Waals surface area contributed by atoms with Crippen molar-refractivity contribution in [1.29, 1.82) is 0 Å². The Bertz CT molecular complexity index is 241. The summed E-state index contributed by atoms with van der Waals surface area (Å²) in [7, 11) is 1.59. The third kappa shape index (κ3) is 2.74. The van der Waals surface area contributed by atoms with Crippen molar-refractivity contribution in [2.24, 2.45) is 11.7 Å². The molecular weight excluding hydrogens is 204 g/mol. The number of ether oxygens (including phenoxy) is 1. The minimum absolute atomic E-state index is 0.0690. The van der Waals surface area contributed by atoms with Gasteiger partial charge >= 0.3 is 0 Å². The van der Waals surface area contributed by atoms with Gasteiger partial charge in [-0.1, -0.05) is 13.8 Å². The van der Waals surface area contributed by atoms with Gasteiger partial charge in [-0.25, -0.2) is 0 Å². The largest absolute Gasteiger partial charge is 0.369 e. The van der Waals surface area contributed by atoms with Gasteiger partial charge in [0.05, 0.1) is 0 Å². The van der Waals surface area contributed by atoms with Crippen molar-refractivity contribution >= 4 is 5.91 Å². The molecule has 3 atom stereocenters. The molecule has 0 saturated carbocycles. The van der Waals surface area contributed by atoms with Gasteiger partial charge in [-0.15, -0.1) is 0 Å². The second-order valence-electron chi connectivity index (χ2n) is 5.10. The van der Waals surface area contributed by atoms with E-state index in [0.717, 1.165) is 13.0 Å². The number of hydrogen-bond acceptors (Lipinski definition) is 3. The third-order valence-corrected chi connectivity index (χ3v) is 3.56. The Balaban J connectivity index is 2.73. The Hall–Kier alpha value is -0.610. The normalized spacial score (nSPS) is 29.9. The maximum Gasteiger partial charge on any atom is 0.254 e. The topological polar surface area (TPSA) is 55.6 Å². The summed E-state index contributed by atoms with van der Waals surface area (Å²) in [5.41, 5.74) is 5.25. The maximum absolute atomic E-state index is 12.3. The first-order valence-corrected chi connectivity index (χ1v) is 6.03. The molecule has 1 amide bonds. The summed E-state index contributed by atoms with van der Waals surface area (Å²) in [4.78, 5) is 14.2. The summed E-state index contributed by atoms with van der Waals surface area (Å²) in [6.45, 7) is 7.40. The zero-order valence-electron chi connectivity index (χ0n) is 10.8. The molecule has 4 nitrogen and oxygen atoms in total. The molecular formula is C12H24N2O2. The first kappa shape index (κ1) is 13.5. The number of amides is 1. The Morgan fingerprint density at radius 1 is 1.56 bits per heavy atom. The van der Waals surface area contributed by atoms with Crippen LogP contribution in [0.25, 0.3) is 0 Å². The molecule has 1 fully saturated rings. The van der Waals surface area contributed by atoms with Crippen LogP contribution in [-0.4, -0.2) is 42.6 Å². The molecule has 0 aromatic rings. The van der Waals surface area contributed by atoms with E-state index in [2.05, 4.69) is 6.92 Å². The van der Waals surface area contributed by atoms with Gasteiger partial charge in [0.25, 0.3) is 5.91 Å². The van der Waals surface area contributed by atoms with Crippen LogP contribution >= 0.6 is 0 Å². The monoisotopic (exact) mass is 228 g/mol. The standard InChI is InChI=1S/C12H24N2O2/c1-5-12(3,16-4)11(15)14-7-9(2)6-10(13)8-14/h9-10H,5-8,13H2,1-4H3. The lowest BCUT2D eigenvalue weighted by Crippen LogP contribution is -2.55. The number of methoxy groups -OCH3 is 1. The highest BCUT2D eigenvalue weighted by Crippen LogP contribution is 2.22. The fraction of sp³-hybridized carbons (Fsp3) is 0.917. The zero-order valence-corrected chi connectivity index (χ0v) is 10.8. The summed E-state index contributed by atoms with van der Waals surface area (Å²) in [6.07, 6.45) is 1.68. The molecule has 1 aliphatic rings. The van der Waals surface area contributed by atoms with E-state index in [1.165, 1.54) is 0 Å². The van der Waals surface area contributed by atoms with Crippen molar-refractivity contribution in [1.82, 2.24) is 4.90 Å². The number of piperidine rings is 1. The molecule has 0 aromatic carbocycles. The van der Waals surface area contributed by atoms with Gasteiger partial charge in [0.2, 0.25) is 0 Å². The maximum atomic E-state index is 12.3. The van der Waals surface area contributed by atoms with Crippen LogP contribution in [0.15, 0.2) is 0 Å². The molecule has 0 bridgehead atoms. The highest BCUT2D eigenvalue weighted by Gasteiger charge is 2.37. The second kappa shape index (κ2) is 5.15. The van der Waals surface area contributed by atoms with Gasteiger partial charge in [0, 0.05) is 26.2 Å². The lowest BCUT2D eigenvalue weighted by atomic mass is 9.93. The first-order chi connectivity index (χ1) is 7.42. The van der Waals surface area contributed by atoms with Crippen molar-refractivity contribution < 1.29 is 9.53 Å². The first-order valence-electron chi connectivity index (χ1n) is 6.03. The minimum Gasteiger partial charge on any atom is -0.369 e. The minimum atomic E-state index is -0.698. The number of likely N-dealkylation sites (tertiary alicyclic amines) is 1. The predicted molar refractivity (Wildman–Crippen MR) is 64.0 cm³/mol. The summed E-state index contributed by atoms with van der Waals surface area (Å²) >= 11 is 0. The van der Waals surface area contributed by atoms with E-state index in [9.17, 15) is 4.79 Å². The zero-order chi connectivity index (χ0) is 12.3. The van der Waals surface area contributed by atoms with Gasteiger partial charge in [0.15, 0.2) is 0 Å². The van der Waals surface area contributed by atoms with Crippen LogP contribution in [0.4, 0.5) is 0 Å². The summed E-state index contributed by atoms with van der Waals surface area (Å²) in [5, 5.41) is 0. The van der Waals surface area contributed by atoms with Gasteiger partial charge in [0.1, 0.15) is 5.60 Å². The van der Waals surface area contributed by atoms with Gasteiger partial charge in [-0.2, -0.15) is 0 Å². The van der Waals surface area contributed by atoms with Crippen LogP contribution in [0.2, 0.25) is 0 Å². The number of carbonyl (C=O) groups excluding carboxylic acids is 1. The Morgan fingerprint density at radius 3 is 2.62 bits per heavy atom. The van der Waals surface area contributed by atoms with Crippen molar-refractivity contribution in [3.8, 4) is 0 Å². The van der Waals surface area contributed by atoms with Crippen molar-refractivity contribution in [2.45, 2.75) is 45.3 Å². The Kier molecular flexibility index (Phi) is 4.33. The average Bonchev–Trinajstić information content (AvgIpc) is 2.25.